The Labute approximate surface area is 95.7 Å². The molecular formula is C10H22O6. The first-order valence-corrected chi connectivity index (χ1v) is 5.37. The van der Waals surface area contributed by atoms with Crippen LogP contribution >= 0.6 is 0 Å². The maximum absolute atomic E-state index is 8.17. The highest BCUT2D eigenvalue weighted by Gasteiger charge is 2.13. The molecule has 3 N–H and O–H groups in total. The van der Waals surface area contributed by atoms with E-state index in [2.05, 4.69) is 16.4 Å². The highest BCUT2D eigenvalue weighted by molar-refractivity contribution is 4.58. The van der Waals surface area contributed by atoms with E-state index >= 15 is 0 Å². The van der Waals surface area contributed by atoms with Crippen molar-refractivity contribution in [1.29, 1.82) is 0 Å². The SMILES string of the molecule is C1CO1.C1CO1.CC1CO1.OCC(O)CO. The molecule has 3 aliphatic rings. The molecule has 0 amide bonds. The molecule has 0 aromatic heterocycles. The van der Waals surface area contributed by atoms with Crippen molar-refractivity contribution in [2.24, 2.45) is 0 Å². The lowest BCUT2D eigenvalue weighted by atomic mass is 10.4. The average Bonchev–Trinajstić information content (AvgIpc) is 3.11. The van der Waals surface area contributed by atoms with Crippen molar-refractivity contribution in [3.05, 3.63) is 0 Å². The van der Waals surface area contributed by atoms with Gasteiger partial charge < -0.3 is 29.5 Å². The first-order valence-electron chi connectivity index (χ1n) is 5.37. The van der Waals surface area contributed by atoms with Gasteiger partial charge >= 0.3 is 0 Å². The summed E-state index contributed by atoms with van der Waals surface area (Å²) in [5.74, 6) is 0. The molecule has 6 nitrogen and oxygen atoms in total. The van der Waals surface area contributed by atoms with Gasteiger partial charge in [0.05, 0.1) is 52.4 Å². The molecule has 0 spiro atoms. The molecule has 3 heterocycles. The van der Waals surface area contributed by atoms with Gasteiger partial charge in [-0.25, -0.2) is 0 Å². The van der Waals surface area contributed by atoms with Crippen molar-refractivity contribution in [3.8, 4) is 0 Å². The number of hydrogen-bond acceptors (Lipinski definition) is 6. The van der Waals surface area contributed by atoms with Crippen molar-refractivity contribution in [3.63, 3.8) is 0 Å². The molecule has 3 aliphatic heterocycles. The zero-order chi connectivity index (χ0) is 12.2. The molecule has 0 aromatic rings. The van der Waals surface area contributed by atoms with Gasteiger partial charge in [-0.15, -0.1) is 0 Å². The summed E-state index contributed by atoms with van der Waals surface area (Å²) in [6.45, 7) is 6.31. The van der Waals surface area contributed by atoms with Gasteiger partial charge in [-0.3, -0.25) is 0 Å². The lowest BCUT2D eigenvalue weighted by Gasteiger charge is -1.96. The molecule has 0 bridgehead atoms. The topological polar surface area (TPSA) is 98.3 Å². The van der Waals surface area contributed by atoms with Crippen LogP contribution in [0.5, 0.6) is 0 Å². The van der Waals surface area contributed by atoms with E-state index in [0.717, 1.165) is 33.0 Å². The van der Waals surface area contributed by atoms with Crippen LogP contribution in [0, 0.1) is 0 Å². The van der Waals surface area contributed by atoms with Crippen molar-refractivity contribution in [1.82, 2.24) is 0 Å². The fourth-order valence-electron chi connectivity index (χ4n) is 0.154. The molecule has 0 aliphatic carbocycles. The van der Waals surface area contributed by atoms with Gasteiger partial charge in [-0.2, -0.15) is 0 Å². The van der Waals surface area contributed by atoms with Crippen LogP contribution in [-0.2, 0) is 14.2 Å². The Kier molecular flexibility index (Phi) is 11.1. The summed E-state index contributed by atoms with van der Waals surface area (Å²) in [6.07, 6.45) is -0.370. The average molecular weight is 238 g/mol. The lowest BCUT2D eigenvalue weighted by Crippen LogP contribution is -2.15. The van der Waals surface area contributed by atoms with Crippen molar-refractivity contribution in [2.45, 2.75) is 19.1 Å². The Morgan fingerprint density at radius 3 is 1.31 bits per heavy atom. The summed E-state index contributed by atoms with van der Waals surface area (Å²) in [5.41, 5.74) is 0. The number of aliphatic hydroxyl groups is 3. The van der Waals surface area contributed by atoms with E-state index in [9.17, 15) is 0 Å². The first kappa shape index (κ1) is 15.8. The molecule has 16 heavy (non-hydrogen) atoms. The maximum atomic E-state index is 8.17. The van der Waals surface area contributed by atoms with Crippen LogP contribution in [0.2, 0.25) is 0 Å². The Balaban J connectivity index is 0.000000194. The minimum Gasteiger partial charge on any atom is -0.394 e. The minimum atomic E-state index is -0.954. The van der Waals surface area contributed by atoms with E-state index < -0.39 is 6.10 Å². The second kappa shape index (κ2) is 11.3. The third-order valence-corrected chi connectivity index (χ3v) is 1.33. The molecule has 0 radical (unpaired) electrons. The largest absolute Gasteiger partial charge is 0.394 e. The zero-order valence-electron chi connectivity index (χ0n) is 9.67. The van der Waals surface area contributed by atoms with Crippen LogP contribution in [0.1, 0.15) is 6.92 Å². The zero-order valence-corrected chi connectivity index (χ0v) is 9.67. The summed E-state index contributed by atoms with van der Waals surface area (Å²) < 4.78 is 13.7. The minimum absolute atomic E-state index is 0.365. The number of rotatable bonds is 2. The van der Waals surface area contributed by atoms with Crippen LogP contribution in [-0.4, -0.2) is 73.8 Å². The number of hydrogen-bond donors (Lipinski definition) is 3. The van der Waals surface area contributed by atoms with Crippen LogP contribution in [0.4, 0.5) is 0 Å². The molecule has 1 atom stereocenters. The summed E-state index contributed by atoms with van der Waals surface area (Å²) in [4.78, 5) is 0. The predicted molar refractivity (Wildman–Crippen MR) is 57.2 cm³/mol. The van der Waals surface area contributed by atoms with E-state index in [0.29, 0.717) is 6.10 Å². The second-order valence-corrected chi connectivity index (χ2v) is 3.39. The van der Waals surface area contributed by atoms with Crippen LogP contribution in [0.25, 0.3) is 0 Å². The fraction of sp³-hybridized carbons (Fsp3) is 1.00. The van der Waals surface area contributed by atoms with Gasteiger partial charge in [0, 0.05) is 0 Å². The van der Waals surface area contributed by atoms with Gasteiger partial charge in [-0.05, 0) is 6.92 Å². The monoisotopic (exact) mass is 238 g/mol. The standard InChI is InChI=1S/C3H8O3.C3H6O.2C2H4O/c4-1-3(6)2-5;1-3-2-4-3;2*1-2-3-1/h3-6H,1-2H2;3H,2H2,1H3;2*1-2H2. The highest BCUT2D eigenvalue weighted by atomic mass is 16.6. The van der Waals surface area contributed by atoms with E-state index in [1.54, 1.807) is 0 Å². The molecular weight excluding hydrogens is 216 g/mol. The maximum Gasteiger partial charge on any atom is 0.100 e. The Bertz CT molecular complexity index is 120. The number of ether oxygens (including phenoxy) is 3. The Morgan fingerprint density at radius 2 is 1.31 bits per heavy atom. The first-order chi connectivity index (χ1) is 7.70. The van der Waals surface area contributed by atoms with Gasteiger partial charge in [0.25, 0.3) is 0 Å². The predicted octanol–water partition coefficient (Wildman–Crippen LogP) is -1.23. The third kappa shape index (κ3) is 29.2. The number of epoxide rings is 3. The quantitative estimate of drug-likeness (QED) is 0.521. The Hall–Kier alpha value is -0.240. The van der Waals surface area contributed by atoms with Crippen LogP contribution < -0.4 is 0 Å². The molecule has 98 valence electrons. The van der Waals surface area contributed by atoms with E-state index in [1.807, 2.05) is 0 Å². The fourth-order valence-corrected chi connectivity index (χ4v) is 0.154. The summed E-state index contributed by atoms with van der Waals surface area (Å²) >= 11 is 0. The van der Waals surface area contributed by atoms with Gasteiger partial charge in [-0.1, -0.05) is 0 Å². The summed E-state index contributed by atoms with van der Waals surface area (Å²) in [5, 5.41) is 24.0. The summed E-state index contributed by atoms with van der Waals surface area (Å²) in [7, 11) is 0. The van der Waals surface area contributed by atoms with Gasteiger partial charge in [0.1, 0.15) is 6.10 Å². The molecule has 0 saturated carbocycles. The molecule has 0 aromatic carbocycles. The van der Waals surface area contributed by atoms with Crippen LogP contribution in [0.15, 0.2) is 0 Å². The van der Waals surface area contributed by atoms with Crippen molar-refractivity contribution < 1.29 is 29.5 Å². The Morgan fingerprint density at radius 1 is 1.06 bits per heavy atom. The van der Waals surface area contributed by atoms with Crippen molar-refractivity contribution >= 4 is 0 Å². The van der Waals surface area contributed by atoms with E-state index in [-0.39, 0.29) is 13.2 Å². The van der Waals surface area contributed by atoms with Crippen molar-refractivity contribution in [2.75, 3.05) is 46.2 Å². The molecule has 3 rings (SSSR count). The second-order valence-electron chi connectivity index (χ2n) is 3.39. The summed E-state index contributed by atoms with van der Waals surface area (Å²) in [6, 6.07) is 0. The molecule has 6 heteroatoms. The number of aliphatic hydroxyl groups excluding tert-OH is 3. The normalized spacial score (nSPS) is 22.7. The lowest BCUT2D eigenvalue weighted by molar-refractivity contribution is 0.0450. The van der Waals surface area contributed by atoms with E-state index in [1.165, 1.54) is 0 Å². The van der Waals surface area contributed by atoms with Gasteiger partial charge in [0.15, 0.2) is 0 Å². The molecule has 3 fully saturated rings. The highest BCUT2D eigenvalue weighted by Crippen LogP contribution is 2.04. The van der Waals surface area contributed by atoms with Gasteiger partial charge in [0.2, 0.25) is 0 Å². The van der Waals surface area contributed by atoms with E-state index in [4.69, 9.17) is 20.1 Å². The smallest absolute Gasteiger partial charge is 0.100 e. The third-order valence-electron chi connectivity index (χ3n) is 1.33. The van der Waals surface area contributed by atoms with Crippen LogP contribution in [0.3, 0.4) is 0 Å². The molecule has 1 unspecified atom stereocenters. The molecule has 3 saturated heterocycles.